The number of amides is 1. The van der Waals surface area contributed by atoms with Crippen LogP contribution in [0.25, 0.3) is 0 Å². The molecule has 4 N–H and O–H groups in total. The minimum atomic E-state index is -0.557. The highest BCUT2D eigenvalue weighted by atomic mass is 79.9. The molecule has 1 rings (SSSR count). The van der Waals surface area contributed by atoms with Crippen molar-refractivity contribution in [3.63, 3.8) is 0 Å². The fraction of sp³-hybridized carbons (Fsp3) is 0.300. The Labute approximate surface area is 96.6 Å². The maximum atomic E-state index is 11.6. The molecule has 0 aliphatic rings. The number of hydrogen-bond donors (Lipinski definition) is 3. The van der Waals surface area contributed by atoms with E-state index in [1.807, 2.05) is 0 Å². The lowest BCUT2D eigenvalue weighted by Gasteiger charge is -2.07. The molecule has 1 atom stereocenters. The average Bonchev–Trinajstić information content (AvgIpc) is 2.12. The van der Waals surface area contributed by atoms with Gasteiger partial charge in [-0.2, -0.15) is 0 Å². The van der Waals surface area contributed by atoms with Crippen LogP contribution in [0, 0.1) is 0 Å². The SMILES string of the molecule is C[C@@H](O)CNC(=O)c1cc(N)cc(Br)c1. The van der Waals surface area contributed by atoms with E-state index in [9.17, 15) is 4.79 Å². The van der Waals surface area contributed by atoms with Crippen LogP contribution < -0.4 is 11.1 Å². The Morgan fingerprint density at radius 3 is 2.80 bits per heavy atom. The number of aliphatic hydroxyl groups is 1. The van der Waals surface area contributed by atoms with E-state index in [1.54, 1.807) is 25.1 Å². The topological polar surface area (TPSA) is 75.3 Å². The summed E-state index contributed by atoms with van der Waals surface area (Å²) in [6.07, 6.45) is -0.557. The maximum Gasteiger partial charge on any atom is 0.251 e. The number of nitrogen functional groups attached to an aromatic ring is 1. The fourth-order valence-electron chi connectivity index (χ4n) is 1.09. The Balaban J connectivity index is 2.73. The van der Waals surface area contributed by atoms with Crippen molar-refractivity contribution in [2.75, 3.05) is 12.3 Å². The summed E-state index contributed by atoms with van der Waals surface area (Å²) in [6, 6.07) is 4.97. The predicted molar refractivity (Wildman–Crippen MR) is 62.6 cm³/mol. The summed E-state index contributed by atoms with van der Waals surface area (Å²) in [4.78, 5) is 11.6. The third-order valence-electron chi connectivity index (χ3n) is 1.74. The van der Waals surface area contributed by atoms with E-state index < -0.39 is 6.10 Å². The number of aliphatic hydroxyl groups excluding tert-OH is 1. The Morgan fingerprint density at radius 2 is 2.27 bits per heavy atom. The van der Waals surface area contributed by atoms with E-state index in [4.69, 9.17) is 10.8 Å². The van der Waals surface area contributed by atoms with Crippen LogP contribution in [0.4, 0.5) is 5.69 Å². The van der Waals surface area contributed by atoms with Gasteiger partial charge >= 0.3 is 0 Å². The number of halogens is 1. The Morgan fingerprint density at radius 1 is 1.60 bits per heavy atom. The highest BCUT2D eigenvalue weighted by Crippen LogP contribution is 2.17. The average molecular weight is 273 g/mol. The van der Waals surface area contributed by atoms with Crippen molar-refractivity contribution in [1.29, 1.82) is 0 Å². The fourth-order valence-corrected chi connectivity index (χ4v) is 1.60. The molecule has 0 saturated heterocycles. The molecule has 0 aliphatic carbocycles. The lowest BCUT2D eigenvalue weighted by atomic mass is 10.2. The van der Waals surface area contributed by atoms with Crippen LogP contribution in [-0.2, 0) is 0 Å². The molecule has 0 fully saturated rings. The molecule has 82 valence electrons. The first-order valence-corrected chi connectivity index (χ1v) is 5.30. The van der Waals surface area contributed by atoms with Gasteiger partial charge in [0, 0.05) is 22.3 Å². The number of benzene rings is 1. The number of carbonyl (C=O) groups excluding carboxylic acids is 1. The van der Waals surface area contributed by atoms with E-state index in [2.05, 4.69) is 21.2 Å². The number of nitrogens with two attached hydrogens (primary N) is 1. The quantitative estimate of drug-likeness (QED) is 0.723. The first kappa shape index (κ1) is 12.0. The van der Waals surface area contributed by atoms with Gasteiger partial charge < -0.3 is 16.2 Å². The maximum absolute atomic E-state index is 11.6. The van der Waals surface area contributed by atoms with Gasteiger partial charge in [0.05, 0.1) is 6.10 Å². The van der Waals surface area contributed by atoms with Gasteiger partial charge in [-0.3, -0.25) is 4.79 Å². The summed E-state index contributed by atoms with van der Waals surface area (Å²) in [5.74, 6) is -0.246. The van der Waals surface area contributed by atoms with Crippen molar-refractivity contribution in [2.24, 2.45) is 0 Å². The molecular formula is C10H13BrN2O2. The molecule has 0 heterocycles. The second-order valence-corrected chi connectivity index (χ2v) is 4.25. The van der Waals surface area contributed by atoms with E-state index in [1.165, 1.54) is 0 Å². The zero-order chi connectivity index (χ0) is 11.4. The Bertz CT molecular complexity index is 346. The number of hydrogen-bond acceptors (Lipinski definition) is 3. The molecule has 0 spiro atoms. The first-order chi connectivity index (χ1) is 6.99. The van der Waals surface area contributed by atoms with Crippen LogP contribution in [0.1, 0.15) is 17.3 Å². The molecule has 1 amide bonds. The highest BCUT2D eigenvalue weighted by Gasteiger charge is 2.07. The molecule has 0 aromatic heterocycles. The molecule has 15 heavy (non-hydrogen) atoms. The molecule has 0 unspecified atom stereocenters. The second kappa shape index (κ2) is 5.14. The minimum Gasteiger partial charge on any atom is -0.399 e. The van der Waals surface area contributed by atoms with Gasteiger partial charge in [0.1, 0.15) is 0 Å². The minimum absolute atomic E-state index is 0.227. The van der Waals surface area contributed by atoms with Crippen LogP contribution >= 0.6 is 15.9 Å². The van der Waals surface area contributed by atoms with Crippen molar-refractivity contribution in [2.45, 2.75) is 13.0 Å². The summed E-state index contributed by atoms with van der Waals surface area (Å²) in [7, 11) is 0. The second-order valence-electron chi connectivity index (χ2n) is 3.33. The molecule has 0 aliphatic heterocycles. The number of nitrogens with one attached hydrogen (secondary N) is 1. The number of carbonyl (C=O) groups is 1. The van der Waals surface area contributed by atoms with Crippen LogP contribution in [-0.4, -0.2) is 23.7 Å². The molecule has 4 nitrogen and oxygen atoms in total. The number of rotatable bonds is 3. The largest absolute Gasteiger partial charge is 0.399 e. The summed E-state index contributed by atoms with van der Waals surface area (Å²) in [5, 5.41) is 11.6. The lowest BCUT2D eigenvalue weighted by molar-refractivity contribution is 0.0924. The normalized spacial score (nSPS) is 12.2. The van der Waals surface area contributed by atoms with Gasteiger partial charge in [-0.1, -0.05) is 15.9 Å². The molecule has 0 bridgehead atoms. The van der Waals surface area contributed by atoms with Crippen LogP contribution in [0.15, 0.2) is 22.7 Å². The number of anilines is 1. The van der Waals surface area contributed by atoms with Gasteiger partial charge in [-0.25, -0.2) is 0 Å². The van der Waals surface area contributed by atoms with Gasteiger partial charge in [0.2, 0.25) is 0 Å². The molecule has 0 radical (unpaired) electrons. The van der Waals surface area contributed by atoms with Crippen molar-refractivity contribution in [3.8, 4) is 0 Å². The van der Waals surface area contributed by atoms with E-state index in [0.717, 1.165) is 4.47 Å². The third-order valence-corrected chi connectivity index (χ3v) is 2.20. The summed E-state index contributed by atoms with van der Waals surface area (Å²) >= 11 is 3.25. The van der Waals surface area contributed by atoms with Gasteiger partial charge in [-0.05, 0) is 25.1 Å². The van der Waals surface area contributed by atoms with Crippen molar-refractivity contribution >= 4 is 27.5 Å². The van der Waals surface area contributed by atoms with Crippen LogP contribution in [0.2, 0.25) is 0 Å². The molecule has 1 aromatic rings. The van der Waals surface area contributed by atoms with Crippen molar-refractivity contribution in [1.82, 2.24) is 5.32 Å². The first-order valence-electron chi connectivity index (χ1n) is 4.51. The summed E-state index contributed by atoms with van der Waals surface area (Å²) in [6.45, 7) is 1.83. The standard InChI is InChI=1S/C10H13BrN2O2/c1-6(14)5-13-10(15)7-2-8(11)4-9(12)3-7/h2-4,6,14H,5,12H2,1H3,(H,13,15)/t6-/m1/s1. The van der Waals surface area contributed by atoms with E-state index in [-0.39, 0.29) is 12.5 Å². The van der Waals surface area contributed by atoms with Gasteiger partial charge in [0.15, 0.2) is 0 Å². The smallest absolute Gasteiger partial charge is 0.251 e. The zero-order valence-corrected chi connectivity index (χ0v) is 9.91. The van der Waals surface area contributed by atoms with Gasteiger partial charge in [0.25, 0.3) is 5.91 Å². The lowest BCUT2D eigenvalue weighted by Crippen LogP contribution is -2.30. The third kappa shape index (κ3) is 3.89. The van der Waals surface area contributed by atoms with Crippen molar-refractivity contribution < 1.29 is 9.90 Å². The van der Waals surface area contributed by atoms with E-state index >= 15 is 0 Å². The molecule has 0 saturated carbocycles. The predicted octanol–water partition coefficient (Wildman–Crippen LogP) is 1.14. The molecular weight excluding hydrogens is 260 g/mol. The summed E-state index contributed by atoms with van der Waals surface area (Å²) < 4.78 is 0.754. The zero-order valence-electron chi connectivity index (χ0n) is 8.33. The highest BCUT2D eigenvalue weighted by molar-refractivity contribution is 9.10. The van der Waals surface area contributed by atoms with Crippen LogP contribution in [0.3, 0.4) is 0 Å². The van der Waals surface area contributed by atoms with Crippen LogP contribution in [0.5, 0.6) is 0 Å². The molecule has 1 aromatic carbocycles. The Kier molecular flexibility index (Phi) is 4.11. The van der Waals surface area contributed by atoms with Crippen molar-refractivity contribution in [3.05, 3.63) is 28.2 Å². The van der Waals surface area contributed by atoms with E-state index in [0.29, 0.717) is 11.3 Å². The summed E-state index contributed by atoms with van der Waals surface area (Å²) in [5.41, 5.74) is 6.59. The monoisotopic (exact) mass is 272 g/mol. The Hall–Kier alpha value is -1.07. The van der Waals surface area contributed by atoms with Gasteiger partial charge in [-0.15, -0.1) is 0 Å². The molecule has 5 heteroatoms.